The van der Waals surface area contributed by atoms with Crippen molar-refractivity contribution in [2.24, 2.45) is 5.84 Å². The van der Waals surface area contributed by atoms with E-state index in [9.17, 15) is 4.79 Å². The van der Waals surface area contributed by atoms with Crippen molar-refractivity contribution in [3.05, 3.63) is 47.4 Å². The predicted octanol–water partition coefficient (Wildman–Crippen LogP) is 2.07. The van der Waals surface area contributed by atoms with Crippen LogP contribution in [0.1, 0.15) is 21.7 Å². The van der Waals surface area contributed by atoms with Crippen LogP contribution in [0.15, 0.2) is 39.8 Å². The lowest BCUT2D eigenvalue weighted by Gasteiger charge is -2.05. The van der Waals surface area contributed by atoms with Gasteiger partial charge in [-0.25, -0.2) is 5.84 Å². The highest BCUT2D eigenvalue weighted by Crippen LogP contribution is 2.27. The van der Waals surface area contributed by atoms with Gasteiger partial charge >= 0.3 is 0 Å². The maximum atomic E-state index is 11.5. The van der Waals surface area contributed by atoms with Crippen LogP contribution in [-0.4, -0.2) is 5.91 Å². The summed E-state index contributed by atoms with van der Waals surface area (Å²) in [4.78, 5) is 12.6. The molecule has 0 aliphatic rings. The Bertz CT molecular complexity index is 595. The van der Waals surface area contributed by atoms with Gasteiger partial charge in [-0.2, -0.15) is 0 Å². The lowest BCUT2D eigenvalue weighted by molar-refractivity contribution is 0.0952. The number of aryl methyl sites for hydroxylation is 1. The number of thioether (sulfide) groups is 1. The number of hydrogen-bond donors (Lipinski definition) is 3. The van der Waals surface area contributed by atoms with E-state index in [1.807, 2.05) is 25.1 Å². The number of rotatable bonds is 4. The maximum Gasteiger partial charge on any atom is 0.268 e. The first-order valence-electron chi connectivity index (χ1n) is 5.68. The topological polar surface area (TPSA) is 94.3 Å². The summed E-state index contributed by atoms with van der Waals surface area (Å²) < 4.78 is 5.30. The highest BCUT2D eigenvalue weighted by atomic mass is 32.2. The van der Waals surface area contributed by atoms with Crippen molar-refractivity contribution in [3.8, 4) is 0 Å². The standard InChI is InChI=1S/C13H15N3O2S/c1-8-6-9(2-3-11(8)14)19-7-12-10(4-5-18-12)13(17)16-15/h2-6H,7,14-15H2,1H3,(H,16,17). The Balaban J connectivity index is 2.08. The number of nitrogens with one attached hydrogen (secondary N) is 1. The SMILES string of the molecule is Cc1cc(SCc2occc2C(=O)NN)ccc1N. The molecule has 0 saturated heterocycles. The zero-order valence-electron chi connectivity index (χ0n) is 10.5. The van der Waals surface area contributed by atoms with Crippen LogP contribution in [0, 0.1) is 6.92 Å². The molecular weight excluding hydrogens is 262 g/mol. The minimum atomic E-state index is -0.349. The van der Waals surface area contributed by atoms with Gasteiger partial charge in [0.25, 0.3) is 5.91 Å². The first-order valence-corrected chi connectivity index (χ1v) is 6.66. The van der Waals surface area contributed by atoms with Crippen LogP contribution in [0.4, 0.5) is 5.69 Å². The van der Waals surface area contributed by atoms with E-state index in [2.05, 4.69) is 5.43 Å². The average Bonchev–Trinajstić information content (AvgIpc) is 2.87. The highest BCUT2D eigenvalue weighted by Gasteiger charge is 2.13. The Morgan fingerprint density at radius 2 is 2.21 bits per heavy atom. The third-order valence-corrected chi connectivity index (χ3v) is 3.73. The molecule has 2 aromatic rings. The molecule has 6 heteroatoms. The zero-order valence-corrected chi connectivity index (χ0v) is 11.3. The van der Waals surface area contributed by atoms with Crippen molar-refractivity contribution in [2.75, 3.05) is 5.73 Å². The number of hydrogen-bond acceptors (Lipinski definition) is 5. The van der Waals surface area contributed by atoms with Crippen LogP contribution in [0.3, 0.4) is 0 Å². The summed E-state index contributed by atoms with van der Waals surface area (Å²) in [5.41, 5.74) is 10.1. The summed E-state index contributed by atoms with van der Waals surface area (Å²) in [5.74, 6) is 5.92. The van der Waals surface area contributed by atoms with Crippen LogP contribution in [-0.2, 0) is 5.75 Å². The van der Waals surface area contributed by atoms with Crippen LogP contribution in [0.2, 0.25) is 0 Å². The molecule has 19 heavy (non-hydrogen) atoms. The Hall–Kier alpha value is -1.92. The van der Waals surface area contributed by atoms with Crippen molar-refractivity contribution in [3.63, 3.8) is 0 Å². The van der Waals surface area contributed by atoms with E-state index in [-0.39, 0.29) is 5.91 Å². The van der Waals surface area contributed by atoms with Crippen LogP contribution >= 0.6 is 11.8 Å². The van der Waals surface area contributed by atoms with Gasteiger partial charge in [0.2, 0.25) is 0 Å². The van der Waals surface area contributed by atoms with Crippen molar-refractivity contribution in [1.29, 1.82) is 0 Å². The third-order valence-electron chi connectivity index (χ3n) is 2.73. The molecule has 5 N–H and O–H groups in total. The van der Waals surface area contributed by atoms with Gasteiger partial charge in [-0.05, 0) is 36.8 Å². The van der Waals surface area contributed by atoms with Crippen LogP contribution in [0.5, 0.6) is 0 Å². The van der Waals surface area contributed by atoms with E-state index in [1.54, 1.807) is 17.8 Å². The number of carbonyl (C=O) groups excluding carboxylic acids is 1. The number of nitrogen functional groups attached to an aromatic ring is 2. The lowest BCUT2D eigenvalue weighted by atomic mass is 10.2. The van der Waals surface area contributed by atoms with Gasteiger partial charge < -0.3 is 10.2 Å². The Labute approximate surface area is 115 Å². The van der Waals surface area contributed by atoms with Gasteiger partial charge in [-0.15, -0.1) is 11.8 Å². The Kier molecular flexibility index (Phi) is 4.13. The molecule has 0 atom stereocenters. The Morgan fingerprint density at radius 3 is 2.89 bits per heavy atom. The maximum absolute atomic E-state index is 11.5. The molecule has 0 bridgehead atoms. The fraction of sp³-hybridized carbons (Fsp3) is 0.154. The number of nitrogens with two attached hydrogens (primary N) is 2. The second kappa shape index (κ2) is 5.81. The quantitative estimate of drug-likeness (QED) is 0.261. The number of amides is 1. The minimum absolute atomic E-state index is 0.349. The minimum Gasteiger partial charge on any atom is -0.468 e. The fourth-order valence-electron chi connectivity index (χ4n) is 1.62. The van der Waals surface area contributed by atoms with E-state index >= 15 is 0 Å². The van der Waals surface area contributed by atoms with E-state index < -0.39 is 0 Å². The largest absolute Gasteiger partial charge is 0.468 e. The number of anilines is 1. The molecule has 0 unspecified atom stereocenters. The van der Waals surface area contributed by atoms with E-state index in [4.69, 9.17) is 16.0 Å². The molecule has 1 aromatic heterocycles. The van der Waals surface area contributed by atoms with Crippen molar-refractivity contribution in [2.45, 2.75) is 17.6 Å². The van der Waals surface area contributed by atoms with Gasteiger partial charge in [0.15, 0.2) is 0 Å². The molecule has 0 aliphatic heterocycles. The predicted molar refractivity (Wildman–Crippen MR) is 75.5 cm³/mol. The molecule has 0 saturated carbocycles. The van der Waals surface area contributed by atoms with Crippen LogP contribution in [0.25, 0.3) is 0 Å². The summed E-state index contributed by atoms with van der Waals surface area (Å²) in [6.45, 7) is 1.96. The molecule has 1 aromatic carbocycles. The summed E-state index contributed by atoms with van der Waals surface area (Å²) in [6.07, 6.45) is 1.48. The number of carbonyl (C=O) groups is 1. The fourth-order valence-corrected chi connectivity index (χ4v) is 2.56. The second-order valence-corrected chi connectivity index (χ2v) is 5.09. The molecule has 0 aliphatic carbocycles. The van der Waals surface area contributed by atoms with E-state index in [0.717, 1.165) is 16.1 Å². The highest BCUT2D eigenvalue weighted by molar-refractivity contribution is 7.98. The van der Waals surface area contributed by atoms with E-state index in [0.29, 0.717) is 17.1 Å². The lowest BCUT2D eigenvalue weighted by Crippen LogP contribution is -2.30. The average molecular weight is 277 g/mol. The first kappa shape index (κ1) is 13.5. The van der Waals surface area contributed by atoms with Crippen molar-refractivity contribution >= 4 is 23.4 Å². The second-order valence-electron chi connectivity index (χ2n) is 4.04. The zero-order chi connectivity index (χ0) is 13.8. The molecule has 0 fully saturated rings. The molecular formula is C13H15N3O2S. The molecule has 1 heterocycles. The van der Waals surface area contributed by atoms with Gasteiger partial charge in [-0.1, -0.05) is 0 Å². The molecule has 5 nitrogen and oxygen atoms in total. The molecule has 0 spiro atoms. The molecule has 2 rings (SSSR count). The third kappa shape index (κ3) is 3.10. The first-order chi connectivity index (χ1) is 9.11. The summed E-state index contributed by atoms with van der Waals surface area (Å²) >= 11 is 1.57. The Morgan fingerprint density at radius 1 is 1.42 bits per heavy atom. The van der Waals surface area contributed by atoms with Gasteiger partial charge in [0.05, 0.1) is 17.6 Å². The van der Waals surface area contributed by atoms with E-state index in [1.165, 1.54) is 6.26 Å². The number of benzene rings is 1. The monoisotopic (exact) mass is 277 g/mol. The summed E-state index contributed by atoms with van der Waals surface area (Å²) in [7, 11) is 0. The normalized spacial score (nSPS) is 10.4. The van der Waals surface area contributed by atoms with Gasteiger partial charge in [0, 0.05) is 10.6 Å². The van der Waals surface area contributed by atoms with Gasteiger partial charge in [-0.3, -0.25) is 10.2 Å². The van der Waals surface area contributed by atoms with Crippen molar-refractivity contribution < 1.29 is 9.21 Å². The van der Waals surface area contributed by atoms with Crippen molar-refractivity contribution in [1.82, 2.24) is 5.43 Å². The summed E-state index contributed by atoms with van der Waals surface area (Å²) in [6, 6.07) is 7.42. The molecule has 0 radical (unpaired) electrons. The van der Waals surface area contributed by atoms with Crippen LogP contribution < -0.4 is 17.0 Å². The molecule has 1 amide bonds. The number of furan rings is 1. The number of hydrazine groups is 1. The van der Waals surface area contributed by atoms with Gasteiger partial charge in [0.1, 0.15) is 5.76 Å². The summed E-state index contributed by atoms with van der Waals surface area (Å²) in [5, 5.41) is 0. The molecule has 100 valence electrons. The smallest absolute Gasteiger partial charge is 0.268 e.